The molecule has 14 rings (SSSR count). The Balaban J connectivity index is 0.416. The highest BCUT2D eigenvalue weighted by Crippen LogP contribution is 2.74. The van der Waals surface area contributed by atoms with Gasteiger partial charge in [-0.2, -0.15) is 10.2 Å². The highest BCUT2D eigenvalue weighted by Gasteiger charge is 2.72. The number of alkyl carbamates (subject to hydrolysis) is 1. The van der Waals surface area contributed by atoms with Crippen LogP contribution < -0.4 is 16.0 Å². The molecule has 6 aliphatic carbocycles. The second-order valence-electron chi connectivity index (χ2n) is 34.2. The Labute approximate surface area is 686 Å². The summed E-state index contributed by atoms with van der Waals surface area (Å²) in [6, 6.07) is 21.9. The lowest BCUT2D eigenvalue weighted by molar-refractivity contribution is -0.214. The van der Waals surface area contributed by atoms with Crippen molar-refractivity contribution in [3.8, 4) is 0 Å². The summed E-state index contributed by atoms with van der Waals surface area (Å²) >= 11 is 0. The lowest BCUT2D eigenvalue weighted by Crippen LogP contribution is -2.71. The highest BCUT2D eigenvalue weighted by molar-refractivity contribution is 5.87. The second kappa shape index (κ2) is 41.8. The Morgan fingerprint density at radius 3 is 1.16 bits per heavy atom. The SMILES string of the molecule is CCc1nn2c(C)cc(C)nc2c1Cc1ccc(/C=C/CN2CCN(CC34CC(C(=O)NCCOCCOCCOCCOCCN(CCOCCOCCOCCOCCNC(=O)C56CC(CN7CCN(C/C=C/c8ccc(Cc9c(CC)nn%10c(C)cc(C)nc9%10)cc8)CC7)(C5)C6)C(=O)CNC(=O)OC(C)(C)C)(C3)C4)CC2)cc1. The van der Waals surface area contributed by atoms with Crippen molar-refractivity contribution in [2.75, 3.05) is 217 Å². The summed E-state index contributed by atoms with van der Waals surface area (Å²) in [5.41, 5.74) is 15.3. The van der Waals surface area contributed by atoms with Gasteiger partial charge in [0, 0.05) is 151 Å². The van der Waals surface area contributed by atoms with Gasteiger partial charge in [-0.15, -0.1) is 0 Å². The van der Waals surface area contributed by atoms with Crippen molar-refractivity contribution in [1.29, 1.82) is 0 Å². The van der Waals surface area contributed by atoms with Gasteiger partial charge in [0.2, 0.25) is 17.7 Å². The summed E-state index contributed by atoms with van der Waals surface area (Å²) in [6.07, 6.45) is 17.7. The van der Waals surface area contributed by atoms with Crippen LogP contribution in [0.2, 0.25) is 0 Å². The van der Waals surface area contributed by atoms with E-state index in [4.69, 9.17) is 62.8 Å². The molecule has 0 unspecified atom stereocenters. The van der Waals surface area contributed by atoms with Gasteiger partial charge in [0.25, 0.3) is 0 Å². The summed E-state index contributed by atoms with van der Waals surface area (Å²) in [5, 5.41) is 18.5. The van der Waals surface area contributed by atoms with Crippen LogP contribution in [0, 0.1) is 49.4 Å². The molecule has 2 aliphatic heterocycles. The molecular weight excluding hydrogens is 1470 g/mol. The molecule has 2 aromatic carbocycles. The maximum atomic E-state index is 13.2. The van der Waals surface area contributed by atoms with E-state index in [9.17, 15) is 19.2 Å². The van der Waals surface area contributed by atoms with E-state index < -0.39 is 11.7 Å². The first-order chi connectivity index (χ1) is 56.1. The zero-order chi connectivity index (χ0) is 81.6. The predicted octanol–water partition coefficient (Wildman–Crippen LogP) is 8.33. The second-order valence-corrected chi connectivity index (χ2v) is 34.2. The number of aromatic nitrogens is 6. The molecule has 4 amide bonds. The number of carbonyl (C=O) groups excluding carboxylic acids is 4. The number of nitrogens with zero attached hydrogens (tertiary/aromatic N) is 11. The van der Waals surface area contributed by atoms with Crippen molar-refractivity contribution in [2.24, 2.45) is 21.7 Å². The molecule has 6 heterocycles. The Morgan fingerprint density at radius 2 is 0.810 bits per heavy atom. The van der Waals surface area contributed by atoms with Crippen molar-refractivity contribution in [1.82, 2.24) is 69.6 Å². The number of nitrogens with one attached hydrogen (secondary N) is 3. The fourth-order valence-corrected chi connectivity index (χ4v) is 18.0. The number of amides is 4. The van der Waals surface area contributed by atoms with Crippen LogP contribution in [-0.4, -0.2) is 300 Å². The zero-order valence-electron chi connectivity index (χ0n) is 70.7. The van der Waals surface area contributed by atoms with Crippen molar-refractivity contribution < 1.29 is 61.8 Å². The molecule has 6 saturated carbocycles. The molecule has 634 valence electrons. The molecule has 2 saturated heterocycles. The van der Waals surface area contributed by atoms with Crippen molar-refractivity contribution in [3.63, 3.8) is 0 Å². The van der Waals surface area contributed by atoms with Gasteiger partial charge in [-0.1, -0.05) is 86.7 Å². The minimum absolute atomic E-state index is 0.165. The van der Waals surface area contributed by atoms with Crippen LogP contribution in [0.15, 0.2) is 72.8 Å². The lowest BCUT2D eigenvalue weighted by Gasteiger charge is -2.70. The third-order valence-electron chi connectivity index (χ3n) is 23.6. The number of hydrogen-bond donors (Lipinski definition) is 3. The quantitative estimate of drug-likeness (QED) is 0.0303. The summed E-state index contributed by atoms with van der Waals surface area (Å²) in [7, 11) is 0. The van der Waals surface area contributed by atoms with Crippen LogP contribution in [-0.2, 0) is 82.7 Å². The third-order valence-corrected chi connectivity index (χ3v) is 23.6. The van der Waals surface area contributed by atoms with Gasteiger partial charge >= 0.3 is 6.09 Å². The maximum Gasteiger partial charge on any atom is 0.408 e. The number of hydrogen-bond acceptors (Lipinski definition) is 21. The Kier molecular flexibility index (Phi) is 31.6. The molecule has 8 fully saturated rings. The number of benzene rings is 2. The number of piperazine rings is 2. The van der Waals surface area contributed by atoms with Gasteiger partial charge in [-0.05, 0) is 145 Å². The number of ether oxygens (including phenoxy) is 9. The normalized spacial score (nSPS) is 21.0. The predicted molar refractivity (Wildman–Crippen MR) is 447 cm³/mol. The van der Waals surface area contributed by atoms with Crippen LogP contribution in [0.4, 0.5) is 4.79 Å². The molecule has 4 aromatic heterocycles. The van der Waals surface area contributed by atoms with Crippen LogP contribution >= 0.6 is 0 Å². The number of fused-ring (bicyclic) bond motifs is 2. The van der Waals surface area contributed by atoms with Crippen LogP contribution in [0.3, 0.4) is 0 Å². The van der Waals surface area contributed by atoms with E-state index in [1.807, 2.05) is 22.9 Å². The van der Waals surface area contributed by atoms with Crippen LogP contribution in [0.25, 0.3) is 23.4 Å². The van der Waals surface area contributed by atoms with Gasteiger partial charge in [0.15, 0.2) is 11.3 Å². The molecule has 0 atom stereocenters. The number of aryl methyl sites for hydroxylation is 6. The third kappa shape index (κ3) is 24.3. The first kappa shape index (κ1) is 87.7. The maximum absolute atomic E-state index is 13.2. The molecule has 0 spiro atoms. The van der Waals surface area contributed by atoms with E-state index in [0.717, 1.165) is 188 Å². The molecule has 27 nitrogen and oxygen atoms in total. The van der Waals surface area contributed by atoms with Crippen molar-refractivity contribution in [3.05, 3.63) is 140 Å². The molecule has 27 heteroatoms. The van der Waals surface area contributed by atoms with E-state index in [1.165, 1.54) is 33.4 Å². The lowest BCUT2D eigenvalue weighted by atomic mass is 9.34. The largest absolute Gasteiger partial charge is 0.444 e. The van der Waals surface area contributed by atoms with Gasteiger partial charge < -0.3 is 73.3 Å². The first-order valence-electron chi connectivity index (χ1n) is 42.6. The first-order valence-corrected chi connectivity index (χ1v) is 42.6. The molecule has 3 N–H and O–H groups in total. The summed E-state index contributed by atoms with van der Waals surface area (Å²) in [4.78, 5) is 73.5. The summed E-state index contributed by atoms with van der Waals surface area (Å²) in [6.45, 7) is 37.7. The van der Waals surface area contributed by atoms with Crippen LogP contribution in [0.1, 0.15) is 141 Å². The van der Waals surface area contributed by atoms with Crippen LogP contribution in [0.5, 0.6) is 0 Å². The van der Waals surface area contributed by atoms with Crippen molar-refractivity contribution in [2.45, 2.75) is 132 Å². The van der Waals surface area contributed by atoms with E-state index in [2.05, 4.69) is 148 Å². The highest BCUT2D eigenvalue weighted by atomic mass is 16.6. The monoisotopic (exact) mass is 1600 g/mol. The number of carbonyl (C=O) groups is 4. The molecule has 116 heavy (non-hydrogen) atoms. The van der Waals surface area contributed by atoms with Gasteiger partial charge in [-0.25, -0.2) is 23.8 Å². The Bertz CT molecular complexity index is 3950. The Hall–Kier alpha value is -7.64. The molecular formula is C89H130N14O13. The average molecular weight is 1600 g/mol. The Morgan fingerprint density at radius 1 is 0.466 bits per heavy atom. The molecule has 6 aromatic rings. The van der Waals surface area contributed by atoms with E-state index in [1.54, 1.807) is 25.7 Å². The fourth-order valence-electron chi connectivity index (χ4n) is 18.0. The smallest absolute Gasteiger partial charge is 0.408 e. The summed E-state index contributed by atoms with van der Waals surface area (Å²) < 4.78 is 55.1. The summed E-state index contributed by atoms with van der Waals surface area (Å²) in [5.74, 6) is 0.0316. The molecule has 8 aliphatic rings. The average Bonchev–Trinajstić information content (AvgIpc) is 0.802. The van der Waals surface area contributed by atoms with Gasteiger partial charge in [-0.3, -0.25) is 24.2 Å². The number of rotatable bonds is 50. The molecule has 0 radical (unpaired) electrons. The van der Waals surface area contributed by atoms with E-state index in [-0.39, 0.29) is 72.2 Å². The fraction of sp³-hybridized carbons (Fsp3) is 0.640. The molecule has 4 bridgehead atoms. The zero-order valence-corrected chi connectivity index (χ0v) is 70.7. The minimum Gasteiger partial charge on any atom is -0.444 e. The van der Waals surface area contributed by atoms with Crippen molar-refractivity contribution >= 4 is 47.3 Å². The van der Waals surface area contributed by atoms with E-state index in [0.29, 0.717) is 106 Å². The topological polar surface area (TPSA) is 264 Å². The standard InChI is InChI=1S/C89H130N14O13/c1-10-77-75(80-93-67(3)54-69(5)102(80)95-77)56-73-20-16-71(17-21-73)14-12-26-97-28-32-99(33-29-97)65-86-59-88(60-86,61-86)82(105)90-24-38-108-42-46-112-50-52-114-48-44-110-40-36-101(79(104)58-92-84(107)116-85(7,8)9)37-41-111-45-49-115-53-51-113-47-43-109-39-25-91-83(106)89-62-87(63-89,64-89)66-100-34-30-98(31-35-100)27-13-15-72-18-22-74(23-19-72)57-76-78(11-2)96-103-70(6)55-68(4)94-81(76)103/h12-23,54-55H,10-11,24-53,56-66H2,1-9H3,(H,90,105)(H,91,106)(H,92,107)/b14-12+,15-13+. The minimum atomic E-state index is -0.702. The van der Waals surface area contributed by atoms with Gasteiger partial charge in [0.1, 0.15) is 12.1 Å². The van der Waals surface area contributed by atoms with Gasteiger partial charge in [0.05, 0.1) is 128 Å². The van der Waals surface area contributed by atoms with E-state index >= 15 is 0 Å².